The summed E-state index contributed by atoms with van der Waals surface area (Å²) in [5, 5.41) is 0. The minimum Gasteiger partial charge on any atom is -0.497 e. The van der Waals surface area contributed by atoms with Gasteiger partial charge in [0.05, 0.1) is 30.8 Å². The van der Waals surface area contributed by atoms with Gasteiger partial charge in [-0.3, -0.25) is 0 Å². The van der Waals surface area contributed by atoms with Gasteiger partial charge in [0.2, 0.25) is 0 Å². The molecule has 86 valence electrons. The summed E-state index contributed by atoms with van der Waals surface area (Å²) in [6, 6.07) is 5.43. The van der Waals surface area contributed by atoms with Gasteiger partial charge in [0.25, 0.3) is 0 Å². The number of nitrogens with two attached hydrogens (primary N) is 1. The smallest absolute Gasteiger partial charge is 0.126 e. The van der Waals surface area contributed by atoms with Crippen molar-refractivity contribution >= 4 is 11.0 Å². The van der Waals surface area contributed by atoms with Gasteiger partial charge < -0.3 is 20.2 Å². The van der Waals surface area contributed by atoms with E-state index in [0.29, 0.717) is 6.61 Å². The number of aromatic amines is 1. The van der Waals surface area contributed by atoms with Crippen molar-refractivity contribution < 1.29 is 9.47 Å². The molecular weight excluding hydrogens is 206 g/mol. The highest BCUT2D eigenvalue weighted by Gasteiger charge is 2.11. The van der Waals surface area contributed by atoms with Gasteiger partial charge >= 0.3 is 0 Å². The van der Waals surface area contributed by atoms with E-state index in [1.165, 1.54) is 0 Å². The third-order valence-electron chi connectivity index (χ3n) is 2.40. The molecule has 5 nitrogen and oxygen atoms in total. The summed E-state index contributed by atoms with van der Waals surface area (Å²) in [5.41, 5.74) is 7.68. The number of fused-ring (bicyclic) bond motifs is 1. The summed E-state index contributed by atoms with van der Waals surface area (Å²) in [7, 11) is 3.25. The van der Waals surface area contributed by atoms with E-state index in [2.05, 4.69) is 9.97 Å². The number of H-pyrrole nitrogens is 1. The predicted octanol–water partition coefficient (Wildman–Crippen LogP) is 1.22. The maximum Gasteiger partial charge on any atom is 0.126 e. The van der Waals surface area contributed by atoms with Crippen molar-refractivity contribution in [2.24, 2.45) is 5.73 Å². The van der Waals surface area contributed by atoms with E-state index in [4.69, 9.17) is 15.2 Å². The van der Waals surface area contributed by atoms with Gasteiger partial charge in [-0.1, -0.05) is 0 Å². The SMILES string of the molecule is COCC(N)c1nc2ccc(OC)cc2[nH]1. The third-order valence-corrected chi connectivity index (χ3v) is 2.40. The molecule has 1 aromatic carbocycles. The molecule has 0 amide bonds. The zero-order chi connectivity index (χ0) is 11.5. The zero-order valence-electron chi connectivity index (χ0n) is 9.36. The lowest BCUT2D eigenvalue weighted by Gasteiger charge is -2.05. The van der Waals surface area contributed by atoms with E-state index in [9.17, 15) is 0 Å². The standard InChI is InChI=1S/C11H15N3O2/c1-15-6-8(12)11-13-9-4-3-7(16-2)5-10(9)14-11/h3-5,8H,6,12H2,1-2H3,(H,13,14). The minimum atomic E-state index is -0.233. The first-order valence-corrected chi connectivity index (χ1v) is 5.02. The number of aromatic nitrogens is 2. The molecule has 1 heterocycles. The second kappa shape index (κ2) is 4.51. The fourth-order valence-corrected chi connectivity index (χ4v) is 1.57. The number of rotatable bonds is 4. The lowest BCUT2D eigenvalue weighted by atomic mass is 10.3. The Morgan fingerprint density at radius 2 is 2.25 bits per heavy atom. The number of imidazole rings is 1. The van der Waals surface area contributed by atoms with Crippen LogP contribution in [0.5, 0.6) is 5.75 Å². The van der Waals surface area contributed by atoms with Crippen molar-refractivity contribution in [1.82, 2.24) is 9.97 Å². The molecule has 0 aliphatic carbocycles. The molecule has 0 fully saturated rings. The van der Waals surface area contributed by atoms with Gasteiger partial charge in [-0.2, -0.15) is 0 Å². The Labute approximate surface area is 93.6 Å². The van der Waals surface area contributed by atoms with Gasteiger partial charge in [0.1, 0.15) is 11.6 Å². The van der Waals surface area contributed by atoms with Crippen molar-refractivity contribution in [3.8, 4) is 5.75 Å². The highest BCUT2D eigenvalue weighted by molar-refractivity contribution is 5.76. The Kier molecular flexibility index (Phi) is 3.07. The molecule has 3 N–H and O–H groups in total. The molecule has 2 aromatic rings. The number of nitrogens with zero attached hydrogens (tertiary/aromatic N) is 1. The van der Waals surface area contributed by atoms with E-state index in [1.54, 1.807) is 14.2 Å². The maximum atomic E-state index is 5.89. The second-order valence-electron chi connectivity index (χ2n) is 3.57. The number of benzene rings is 1. The largest absolute Gasteiger partial charge is 0.497 e. The lowest BCUT2D eigenvalue weighted by molar-refractivity contribution is 0.178. The van der Waals surface area contributed by atoms with Crippen LogP contribution in [0.15, 0.2) is 18.2 Å². The molecule has 0 aliphatic rings. The minimum absolute atomic E-state index is 0.233. The maximum absolute atomic E-state index is 5.89. The van der Waals surface area contributed by atoms with Gasteiger partial charge in [0, 0.05) is 13.2 Å². The molecule has 0 saturated heterocycles. The van der Waals surface area contributed by atoms with Crippen molar-refractivity contribution in [3.63, 3.8) is 0 Å². The molecule has 0 radical (unpaired) electrons. The van der Waals surface area contributed by atoms with Crippen LogP contribution < -0.4 is 10.5 Å². The Bertz CT molecular complexity index is 481. The van der Waals surface area contributed by atoms with Crippen LogP contribution in [-0.2, 0) is 4.74 Å². The highest BCUT2D eigenvalue weighted by atomic mass is 16.5. The average Bonchev–Trinajstić information content (AvgIpc) is 2.71. The molecule has 0 saturated carbocycles. The quantitative estimate of drug-likeness (QED) is 0.814. The zero-order valence-corrected chi connectivity index (χ0v) is 9.36. The molecule has 0 spiro atoms. The van der Waals surface area contributed by atoms with Crippen molar-refractivity contribution in [3.05, 3.63) is 24.0 Å². The van der Waals surface area contributed by atoms with E-state index >= 15 is 0 Å². The van der Waals surface area contributed by atoms with Crippen molar-refractivity contribution in [2.45, 2.75) is 6.04 Å². The first-order chi connectivity index (χ1) is 7.74. The molecule has 5 heteroatoms. The summed E-state index contributed by atoms with van der Waals surface area (Å²) in [6.45, 7) is 0.441. The summed E-state index contributed by atoms with van der Waals surface area (Å²) >= 11 is 0. The molecule has 0 bridgehead atoms. The van der Waals surface area contributed by atoms with Crippen LogP contribution in [0.1, 0.15) is 11.9 Å². The number of hydrogen-bond donors (Lipinski definition) is 2. The topological polar surface area (TPSA) is 73.2 Å². The number of ether oxygens (including phenoxy) is 2. The first-order valence-electron chi connectivity index (χ1n) is 5.02. The molecule has 1 unspecified atom stereocenters. The van der Waals surface area contributed by atoms with Crippen molar-refractivity contribution in [2.75, 3.05) is 20.8 Å². The fourth-order valence-electron chi connectivity index (χ4n) is 1.57. The molecule has 16 heavy (non-hydrogen) atoms. The van der Waals surface area contributed by atoms with Gasteiger partial charge in [-0.15, -0.1) is 0 Å². The number of nitrogens with one attached hydrogen (secondary N) is 1. The normalized spacial score (nSPS) is 12.9. The van der Waals surface area contributed by atoms with E-state index < -0.39 is 0 Å². The van der Waals surface area contributed by atoms with Gasteiger partial charge in [0.15, 0.2) is 0 Å². The fraction of sp³-hybridized carbons (Fsp3) is 0.364. The van der Waals surface area contributed by atoms with Crippen molar-refractivity contribution in [1.29, 1.82) is 0 Å². The van der Waals surface area contributed by atoms with Crippen LogP contribution in [0.3, 0.4) is 0 Å². The molecule has 0 aliphatic heterocycles. The Hall–Kier alpha value is -1.59. The monoisotopic (exact) mass is 221 g/mol. The lowest BCUT2D eigenvalue weighted by Crippen LogP contribution is -2.17. The van der Waals surface area contributed by atoms with E-state index in [-0.39, 0.29) is 6.04 Å². The van der Waals surface area contributed by atoms with Crippen LogP contribution in [0.25, 0.3) is 11.0 Å². The van der Waals surface area contributed by atoms with Crippen LogP contribution in [-0.4, -0.2) is 30.8 Å². The van der Waals surface area contributed by atoms with Gasteiger partial charge in [-0.05, 0) is 12.1 Å². The molecule has 1 atom stereocenters. The van der Waals surface area contributed by atoms with Gasteiger partial charge in [-0.25, -0.2) is 4.98 Å². The molecular formula is C11H15N3O2. The van der Waals surface area contributed by atoms with Crippen LogP contribution in [0.4, 0.5) is 0 Å². The predicted molar refractivity (Wildman–Crippen MR) is 61.5 cm³/mol. The van der Waals surface area contributed by atoms with E-state index in [0.717, 1.165) is 22.6 Å². The van der Waals surface area contributed by atoms with E-state index in [1.807, 2.05) is 18.2 Å². The van der Waals surface area contributed by atoms with Crippen LogP contribution in [0.2, 0.25) is 0 Å². The Morgan fingerprint density at radius 3 is 2.94 bits per heavy atom. The Morgan fingerprint density at radius 1 is 1.44 bits per heavy atom. The third kappa shape index (κ3) is 2.00. The summed E-state index contributed by atoms with van der Waals surface area (Å²) in [4.78, 5) is 7.55. The second-order valence-corrected chi connectivity index (χ2v) is 3.57. The summed E-state index contributed by atoms with van der Waals surface area (Å²) in [5.74, 6) is 1.52. The summed E-state index contributed by atoms with van der Waals surface area (Å²) in [6.07, 6.45) is 0. The Balaban J connectivity index is 2.35. The number of methoxy groups -OCH3 is 2. The number of hydrogen-bond acceptors (Lipinski definition) is 4. The van der Waals surface area contributed by atoms with Crippen LogP contribution >= 0.6 is 0 Å². The van der Waals surface area contributed by atoms with Crippen LogP contribution in [0, 0.1) is 0 Å². The average molecular weight is 221 g/mol. The molecule has 2 rings (SSSR count). The highest BCUT2D eigenvalue weighted by Crippen LogP contribution is 2.20. The molecule has 1 aromatic heterocycles. The first kappa shape index (κ1) is 10.9. The summed E-state index contributed by atoms with van der Waals surface area (Å²) < 4.78 is 10.1.